The van der Waals surface area contributed by atoms with E-state index in [4.69, 9.17) is 0 Å². The average Bonchev–Trinajstić information content (AvgIpc) is 2.26. The van der Waals surface area contributed by atoms with Gasteiger partial charge in [0.2, 0.25) is 0 Å². The molecule has 0 aromatic rings. The van der Waals surface area contributed by atoms with Gasteiger partial charge in [-0.2, -0.15) is 0 Å². The lowest BCUT2D eigenvalue weighted by molar-refractivity contribution is 0.0965. The van der Waals surface area contributed by atoms with E-state index in [1.807, 2.05) is 0 Å². The van der Waals surface area contributed by atoms with Crippen molar-refractivity contribution in [2.24, 2.45) is 11.8 Å². The van der Waals surface area contributed by atoms with E-state index in [9.17, 15) is 5.11 Å². The highest BCUT2D eigenvalue weighted by molar-refractivity contribution is 4.73. The summed E-state index contributed by atoms with van der Waals surface area (Å²) in [5, 5.41) is 13.4. The van der Waals surface area contributed by atoms with Crippen molar-refractivity contribution in [3.8, 4) is 0 Å². The molecule has 3 unspecified atom stereocenters. The number of hydrogen-bond donors (Lipinski definition) is 2. The smallest absolute Gasteiger partial charge is 0.0692 e. The fraction of sp³-hybridized carbons (Fsp3) is 1.00. The highest BCUT2D eigenvalue weighted by Crippen LogP contribution is 2.13. The molecule has 2 heteroatoms. The van der Waals surface area contributed by atoms with Crippen LogP contribution in [0.15, 0.2) is 0 Å². The van der Waals surface area contributed by atoms with Crippen molar-refractivity contribution < 1.29 is 5.11 Å². The van der Waals surface area contributed by atoms with Crippen LogP contribution in [0.4, 0.5) is 0 Å². The molecule has 0 aliphatic rings. The van der Waals surface area contributed by atoms with Gasteiger partial charge in [-0.1, -0.05) is 47.0 Å². The largest absolute Gasteiger partial charge is 0.392 e. The monoisotopic (exact) mass is 215 g/mol. The Morgan fingerprint density at radius 3 is 1.93 bits per heavy atom. The number of aliphatic hydroxyl groups excluding tert-OH is 1. The summed E-state index contributed by atoms with van der Waals surface area (Å²) in [5.41, 5.74) is 0. The molecule has 0 bridgehead atoms. The van der Waals surface area contributed by atoms with E-state index in [0.29, 0.717) is 17.9 Å². The molecule has 2 N–H and O–H groups in total. The van der Waals surface area contributed by atoms with Crippen molar-refractivity contribution in [3.05, 3.63) is 0 Å². The van der Waals surface area contributed by atoms with Crippen LogP contribution in [-0.4, -0.2) is 23.8 Å². The number of hydrogen-bond acceptors (Lipinski definition) is 2. The van der Waals surface area contributed by atoms with Crippen LogP contribution < -0.4 is 5.32 Å². The summed E-state index contributed by atoms with van der Waals surface area (Å²) in [5.74, 6) is 1.13. The van der Waals surface area contributed by atoms with Crippen LogP contribution in [0.1, 0.15) is 53.9 Å². The predicted molar refractivity (Wildman–Crippen MR) is 67.0 cm³/mol. The van der Waals surface area contributed by atoms with Crippen LogP contribution in [0.2, 0.25) is 0 Å². The van der Waals surface area contributed by atoms with Crippen molar-refractivity contribution >= 4 is 0 Å². The molecule has 3 atom stereocenters. The minimum Gasteiger partial charge on any atom is -0.392 e. The fourth-order valence-electron chi connectivity index (χ4n) is 1.86. The van der Waals surface area contributed by atoms with Gasteiger partial charge in [0.25, 0.3) is 0 Å². The second-order valence-electron chi connectivity index (χ2n) is 4.73. The molecular formula is C13H29NO. The zero-order valence-electron chi connectivity index (χ0n) is 11.1. The molecule has 0 saturated heterocycles. The molecule has 0 radical (unpaired) electrons. The van der Waals surface area contributed by atoms with Crippen molar-refractivity contribution in [1.82, 2.24) is 5.32 Å². The second-order valence-corrected chi connectivity index (χ2v) is 4.73. The highest BCUT2D eigenvalue weighted by atomic mass is 16.3. The maximum Gasteiger partial charge on any atom is 0.0692 e. The second kappa shape index (κ2) is 8.12. The van der Waals surface area contributed by atoms with Crippen LogP contribution in [0.25, 0.3) is 0 Å². The van der Waals surface area contributed by atoms with Crippen molar-refractivity contribution in [3.63, 3.8) is 0 Å². The lowest BCUT2D eigenvalue weighted by Crippen LogP contribution is -2.40. The van der Waals surface area contributed by atoms with Gasteiger partial charge in [0.1, 0.15) is 0 Å². The van der Waals surface area contributed by atoms with Gasteiger partial charge in [-0.3, -0.25) is 0 Å². The van der Waals surface area contributed by atoms with Crippen LogP contribution in [0, 0.1) is 11.8 Å². The van der Waals surface area contributed by atoms with E-state index in [0.717, 1.165) is 19.4 Å². The molecule has 0 aromatic carbocycles. The van der Waals surface area contributed by atoms with Gasteiger partial charge in [-0.15, -0.1) is 0 Å². The first kappa shape index (κ1) is 14.9. The summed E-state index contributed by atoms with van der Waals surface area (Å²) in [6.45, 7) is 11.7. The first-order valence-electron chi connectivity index (χ1n) is 6.48. The SMILES string of the molecule is CCC(C)C(C)NCC(O)C(CC)CC. The van der Waals surface area contributed by atoms with Crippen LogP contribution in [-0.2, 0) is 0 Å². The molecular weight excluding hydrogens is 186 g/mol. The van der Waals surface area contributed by atoms with E-state index in [1.165, 1.54) is 6.42 Å². The molecule has 0 spiro atoms. The molecule has 0 aliphatic carbocycles. The van der Waals surface area contributed by atoms with E-state index in [1.54, 1.807) is 0 Å². The Hall–Kier alpha value is -0.0800. The van der Waals surface area contributed by atoms with E-state index < -0.39 is 0 Å². The quantitative estimate of drug-likeness (QED) is 0.652. The summed E-state index contributed by atoms with van der Waals surface area (Å²) in [6, 6.07) is 0.499. The van der Waals surface area contributed by atoms with Crippen molar-refractivity contribution in [1.29, 1.82) is 0 Å². The maximum absolute atomic E-state index is 9.95. The Balaban J connectivity index is 3.83. The molecule has 15 heavy (non-hydrogen) atoms. The molecule has 2 nitrogen and oxygen atoms in total. The average molecular weight is 215 g/mol. The van der Waals surface area contributed by atoms with Gasteiger partial charge in [0, 0.05) is 12.6 Å². The summed E-state index contributed by atoms with van der Waals surface area (Å²) < 4.78 is 0. The Morgan fingerprint density at radius 2 is 1.53 bits per heavy atom. The normalized spacial score (nSPS) is 17.8. The van der Waals surface area contributed by atoms with Gasteiger partial charge in [0.05, 0.1) is 6.10 Å². The van der Waals surface area contributed by atoms with Gasteiger partial charge in [-0.25, -0.2) is 0 Å². The van der Waals surface area contributed by atoms with Gasteiger partial charge >= 0.3 is 0 Å². The Morgan fingerprint density at radius 1 is 1.00 bits per heavy atom. The molecule has 92 valence electrons. The molecule has 0 saturated carbocycles. The predicted octanol–water partition coefficient (Wildman–Crippen LogP) is 2.81. The van der Waals surface area contributed by atoms with E-state index in [-0.39, 0.29) is 6.10 Å². The Labute approximate surface area is 95.5 Å². The zero-order chi connectivity index (χ0) is 11.8. The molecule has 0 aromatic heterocycles. The maximum atomic E-state index is 9.95. The summed E-state index contributed by atoms with van der Waals surface area (Å²) in [7, 11) is 0. The molecule has 0 rings (SSSR count). The number of aliphatic hydroxyl groups is 1. The lowest BCUT2D eigenvalue weighted by atomic mass is 9.95. The van der Waals surface area contributed by atoms with Crippen LogP contribution in [0.5, 0.6) is 0 Å². The third kappa shape index (κ3) is 5.53. The molecule has 0 heterocycles. The first-order valence-corrected chi connectivity index (χ1v) is 6.48. The van der Waals surface area contributed by atoms with Crippen LogP contribution >= 0.6 is 0 Å². The highest BCUT2D eigenvalue weighted by Gasteiger charge is 2.17. The summed E-state index contributed by atoms with van der Waals surface area (Å²) in [6.07, 6.45) is 3.13. The first-order chi connectivity index (χ1) is 7.06. The third-order valence-corrected chi connectivity index (χ3v) is 3.74. The Bertz CT molecular complexity index is 145. The molecule has 0 fully saturated rings. The van der Waals surface area contributed by atoms with Gasteiger partial charge in [-0.05, 0) is 18.8 Å². The fourth-order valence-corrected chi connectivity index (χ4v) is 1.86. The summed E-state index contributed by atoms with van der Waals surface area (Å²) >= 11 is 0. The minimum atomic E-state index is -0.188. The number of nitrogens with one attached hydrogen (secondary N) is 1. The number of rotatable bonds is 8. The van der Waals surface area contributed by atoms with E-state index in [2.05, 4.69) is 39.9 Å². The van der Waals surface area contributed by atoms with Crippen LogP contribution in [0.3, 0.4) is 0 Å². The lowest BCUT2D eigenvalue weighted by Gasteiger charge is -2.25. The standard InChI is InChI=1S/C13H29NO/c1-6-10(4)11(5)14-9-13(15)12(7-2)8-3/h10-15H,6-9H2,1-5H3. The summed E-state index contributed by atoms with van der Waals surface area (Å²) in [4.78, 5) is 0. The molecule has 0 amide bonds. The third-order valence-electron chi connectivity index (χ3n) is 3.74. The van der Waals surface area contributed by atoms with Gasteiger partial charge in [0.15, 0.2) is 0 Å². The topological polar surface area (TPSA) is 32.3 Å². The minimum absolute atomic E-state index is 0.188. The van der Waals surface area contributed by atoms with Crippen molar-refractivity contribution in [2.75, 3.05) is 6.54 Å². The van der Waals surface area contributed by atoms with E-state index >= 15 is 0 Å². The molecule has 0 aliphatic heterocycles. The Kier molecular flexibility index (Phi) is 8.07. The zero-order valence-corrected chi connectivity index (χ0v) is 11.1. The van der Waals surface area contributed by atoms with Crippen molar-refractivity contribution in [2.45, 2.75) is 66.0 Å². The van der Waals surface area contributed by atoms with Gasteiger partial charge < -0.3 is 10.4 Å².